The molecule has 0 atom stereocenters. The van der Waals surface area contributed by atoms with Crippen LogP contribution in [0.25, 0.3) is 0 Å². The van der Waals surface area contributed by atoms with Gasteiger partial charge in [0.15, 0.2) is 5.78 Å². The maximum Gasteiger partial charge on any atom is 0.251 e. The zero-order valence-corrected chi connectivity index (χ0v) is 13.7. The second-order valence-electron chi connectivity index (χ2n) is 5.11. The molecule has 0 saturated carbocycles. The molecule has 1 amide bonds. The van der Waals surface area contributed by atoms with E-state index in [4.69, 9.17) is 15.2 Å². The fourth-order valence-corrected chi connectivity index (χ4v) is 2.17. The van der Waals surface area contributed by atoms with Crippen LogP contribution in [-0.4, -0.2) is 32.5 Å². The summed E-state index contributed by atoms with van der Waals surface area (Å²) in [4.78, 5) is 24.3. The first-order chi connectivity index (χ1) is 11.5. The van der Waals surface area contributed by atoms with Gasteiger partial charge in [-0.2, -0.15) is 0 Å². The number of nitrogens with two attached hydrogens (primary N) is 1. The zero-order valence-electron chi connectivity index (χ0n) is 13.7. The third-order valence-corrected chi connectivity index (χ3v) is 3.55. The van der Waals surface area contributed by atoms with Crippen LogP contribution in [0.15, 0.2) is 42.5 Å². The predicted molar refractivity (Wildman–Crippen MR) is 91.7 cm³/mol. The molecule has 2 rings (SSSR count). The summed E-state index contributed by atoms with van der Waals surface area (Å²) in [6.45, 7) is 0.223. The second-order valence-corrected chi connectivity index (χ2v) is 5.11. The van der Waals surface area contributed by atoms with Crippen LogP contribution in [0.5, 0.6) is 11.5 Å². The number of hydrogen-bond acceptors (Lipinski definition) is 5. The number of hydrogen-bond donors (Lipinski definition) is 2. The molecule has 0 radical (unpaired) electrons. The molecule has 0 aromatic heterocycles. The van der Waals surface area contributed by atoms with Gasteiger partial charge < -0.3 is 20.5 Å². The van der Waals surface area contributed by atoms with E-state index in [2.05, 4.69) is 5.32 Å². The monoisotopic (exact) mass is 328 g/mol. The van der Waals surface area contributed by atoms with Crippen molar-refractivity contribution < 1.29 is 19.1 Å². The molecule has 0 heterocycles. The topological polar surface area (TPSA) is 90.6 Å². The minimum Gasteiger partial charge on any atom is -0.497 e. The van der Waals surface area contributed by atoms with Crippen LogP contribution in [0.2, 0.25) is 0 Å². The first kappa shape index (κ1) is 17.3. The largest absolute Gasteiger partial charge is 0.497 e. The number of carbonyl (C=O) groups is 2. The minimum atomic E-state index is -0.246. The summed E-state index contributed by atoms with van der Waals surface area (Å²) in [5.74, 6) is 0.843. The van der Waals surface area contributed by atoms with Gasteiger partial charge in [-0.05, 0) is 42.5 Å². The molecule has 2 aromatic rings. The Morgan fingerprint density at radius 2 is 1.62 bits per heavy atom. The van der Waals surface area contributed by atoms with Gasteiger partial charge in [-0.1, -0.05) is 0 Å². The molecule has 24 heavy (non-hydrogen) atoms. The highest BCUT2D eigenvalue weighted by atomic mass is 16.5. The molecule has 0 spiro atoms. The van der Waals surface area contributed by atoms with Crippen LogP contribution in [0.4, 0.5) is 5.69 Å². The number of amides is 1. The SMILES string of the molecule is COc1ccc(C(=O)NCCC(=O)c2cc(OC)ccc2N)cc1. The van der Waals surface area contributed by atoms with Crippen molar-refractivity contribution in [3.8, 4) is 11.5 Å². The van der Waals surface area contributed by atoms with E-state index in [9.17, 15) is 9.59 Å². The third kappa shape index (κ3) is 4.25. The number of ether oxygens (including phenoxy) is 2. The number of nitrogen functional groups attached to an aromatic ring is 1. The van der Waals surface area contributed by atoms with Gasteiger partial charge in [0, 0.05) is 29.8 Å². The molecule has 0 fully saturated rings. The first-order valence-electron chi connectivity index (χ1n) is 7.44. The van der Waals surface area contributed by atoms with Crippen LogP contribution in [0.3, 0.4) is 0 Å². The average molecular weight is 328 g/mol. The Kier molecular flexibility index (Phi) is 5.78. The Bertz CT molecular complexity index is 726. The molecule has 126 valence electrons. The lowest BCUT2D eigenvalue weighted by Crippen LogP contribution is -2.26. The van der Waals surface area contributed by atoms with Crippen molar-refractivity contribution in [2.24, 2.45) is 0 Å². The molecule has 3 N–H and O–H groups in total. The van der Waals surface area contributed by atoms with Gasteiger partial charge >= 0.3 is 0 Å². The van der Waals surface area contributed by atoms with Crippen LogP contribution in [-0.2, 0) is 0 Å². The van der Waals surface area contributed by atoms with E-state index in [-0.39, 0.29) is 24.7 Å². The summed E-state index contributed by atoms with van der Waals surface area (Å²) >= 11 is 0. The first-order valence-corrected chi connectivity index (χ1v) is 7.44. The third-order valence-electron chi connectivity index (χ3n) is 3.55. The van der Waals surface area contributed by atoms with Crippen LogP contribution in [0.1, 0.15) is 27.1 Å². The summed E-state index contributed by atoms with van der Waals surface area (Å²) in [6, 6.07) is 11.7. The summed E-state index contributed by atoms with van der Waals surface area (Å²) in [6.07, 6.45) is 0.152. The number of nitrogens with one attached hydrogen (secondary N) is 1. The molecular formula is C18H20N2O4. The Hall–Kier alpha value is -3.02. The van der Waals surface area contributed by atoms with Crippen molar-refractivity contribution in [2.45, 2.75) is 6.42 Å². The van der Waals surface area contributed by atoms with Gasteiger partial charge in [0.25, 0.3) is 5.91 Å². The summed E-state index contributed by atoms with van der Waals surface area (Å²) in [7, 11) is 3.08. The van der Waals surface area contributed by atoms with Gasteiger partial charge in [0.1, 0.15) is 11.5 Å². The molecule has 6 nitrogen and oxygen atoms in total. The molecule has 0 aliphatic heterocycles. The maximum atomic E-state index is 12.2. The lowest BCUT2D eigenvalue weighted by molar-refractivity contribution is 0.0940. The van der Waals surface area contributed by atoms with Gasteiger partial charge in [-0.3, -0.25) is 9.59 Å². The van der Waals surface area contributed by atoms with E-state index in [0.29, 0.717) is 28.3 Å². The van der Waals surface area contributed by atoms with E-state index in [1.54, 1.807) is 49.6 Å². The van der Waals surface area contributed by atoms with Gasteiger partial charge in [0.05, 0.1) is 14.2 Å². The number of carbonyl (C=O) groups excluding carboxylic acids is 2. The highest BCUT2D eigenvalue weighted by Crippen LogP contribution is 2.20. The molecule has 2 aromatic carbocycles. The molecular weight excluding hydrogens is 308 g/mol. The van der Waals surface area contributed by atoms with Gasteiger partial charge in [-0.25, -0.2) is 0 Å². The van der Waals surface area contributed by atoms with Crippen LogP contribution < -0.4 is 20.5 Å². The molecule has 0 aliphatic carbocycles. The molecule has 0 aliphatic rings. The summed E-state index contributed by atoms with van der Waals surface area (Å²) in [5, 5.41) is 2.71. The lowest BCUT2D eigenvalue weighted by Gasteiger charge is -2.08. The highest BCUT2D eigenvalue weighted by Gasteiger charge is 2.12. The van der Waals surface area contributed by atoms with Crippen LogP contribution >= 0.6 is 0 Å². The van der Waals surface area contributed by atoms with Crippen LogP contribution in [0, 0.1) is 0 Å². The van der Waals surface area contributed by atoms with Crippen molar-refractivity contribution in [3.63, 3.8) is 0 Å². The van der Waals surface area contributed by atoms with E-state index >= 15 is 0 Å². The normalized spacial score (nSPS) is 10.1. The van der Waals surface area contributed by atoms with Gasteiger partial charge in [-0.15, -0.1) is 0 Å². The second kappa shape index (κ2) is 8.01. The fourth-order valence-electron chi connectivity index (χ4n) is 2.17. The number of Topliss-reactive ketones (excluding diaryl/α,β-unsaturated/α-hetero) is 1. The van der Waals surface area contributed by atoms with Crippen molar-refractivity contribution in [3.05, 3.63) is 53.6 Å². The van der Waals surface area contributed by atoms with Crippen molar-refractivity contribution in [1.82, 2.24) is 5.32 Å². The average Bonchev–Trinajstić information content (AvgIpc) is 2.62. The Morgan fingerprint density at radius 1 is 1.00 bits per heavy atom. The van der Waals surface area contributed by atoms with E-state index in [0.717, 1.165) is 0 Å². The predicted octanol–water partition coefficient (Wildman–Crippen LogP) is 2.29. The quantitative estimate of drug-likeness (QED) is 0.601. The number of methoxy groups -OCH3 is 2. The molecule has 0 bridgehead atoms. The number of rotatable bonds is 7. The minimum absolute atomic E-state index is 0.151. The van der Waals surface area contributed by atoms with Gasteiger partial charge in [0.2, 0.25) is 0 Å². The Morgan fingerprint density at radius 3 is 2.25 bits per heavy atom. The number of anilines is 1. The zero-order chi connectivity index (χ0) is 17.5. The highest BCUT2D eigenvalue weighted by molar-refractivity contribution is 6.01. The van der Waals surface area contributed by atoms with Crippen molar-refractivity contribution >= 4 is 17.4 Å². The Balaban J connectivity index is 1.91. The van der Waals surface area contributed by atoms with E-state index in [1.807, 2.05) is 0 Å². The Labute approximate surface area is 140 Å². The number of ketones is 1. The summed E-state index contributed by atoms with van der Waals surface area (Å²) in [5.41, 5.74) is 7.11. The van der Waals surface area contributed by atoms with Crippen molar-refractivity contribution in [1.29, 1.82) is 0 Å². The molecule has 0 unspecified atom stereocenters. The molecule has 6 heteroatoms. The standard InChI is InChI=1S/C18H20N2O4/c1-23-13-5-3-12(4-6-13)18(22)20-10-9-17(21)15-11-14(24-2)7-8-16(15)19/h3-8,11H,9-10,19H2,1-2H3,(H,20,22). The molecule has 0 saturated heterocycles. The van der Waals surface area contributed by atoms with E-state index in [1.165, 1.54) is 7.11 Å². The fraction of sp³-hybridized carbons (Fsp3) is 0.222. The number of benzene rings is 2. The maximum absolute atomic E-state index is 12.2. The van der Waals surface area contributed by atoms with E-state index < -0.39 is 0 Å². The summed E-state index contributed by atoms with van der Waals surface area (Å²) < 4.78 is 10.1. The lowest BCUT2D eigenvalue weighted by atomic mass is 10.1. The smallest absolute Gasteiger partial charge is 0.251 e. The van der Waals surface area contributed by atoms with Crippen molar-refractivity contribution in [2.75, 3.05) is 26.5 Å².